The Morgan fingerprint density at radius 2 is 0.758 bits per heavy atom. The molecule has 460 valence electrons. The van der Waals surface area contributed by atoms with Crippen LogP contribution < -0.4 is 21.3 Å². The number of rotatable bonds is 7. The first-order chi connectivity index (χ1) is 48.9. The first kappa shape index (κ1) is 54.6. The summed E-state index contributed by atoms with van der Waals surface area (Å²) in [5.41, 5.74) is 33.4. The monoisotopic (exact) mass is 1260 g/mol. The summed E-state index contributed by atoms with van der Waals surface area (Å²) in [6.45, 7) is 4.50. The van der Waals surface area contributed by atoms with E-state index in [1.54, 1.807) is 0 Å². The second kappa shape index (κ2) is 20.2. The van der Waals surface area contributed by atoms with Crippen molar-refractivity contribution in [1.82, 2.24) is 18.3 Å². The number of hydrogen-bond donors (Lipinski definition) is 0. The highest BCUT2D eigenvalue weighted by Crippen LogP contribution is 2.54. The fourth-order valence-corrected chi connectivity index (χ4v) is 18.3. The van der Waals surface area contributed by atoms with Crippen LogP contribution in [0.3, 0.4) is 0 Å². The van der Waals surface area contributed by atoms with Gasteiger partial charge >= 0.3 is 0 Å². The third kappa shape index (κ3) is 7.44. The highest BCUT2D eigenvalue weighted by atomic mass is 15.2. The molecule has 99 heavy (non-hydrogen) atoms. The van der Waals surface area contributed by atoms with Crippen LogP contribution in [0.5, 0.6) is 0 Å². The quantitative estimate of drug-likeness (QED) is 0.146. The smallest absolute Gasteiger partial charge is 0.253 e. The lowest BCUT2D eigenvalue weighted by Crippen LogP contribution is -2.60. The lowest BCUT2D eigenvalue weighted by atomic mass is 9.33. The van der Waals surface area contributed by atoms with Crippen LogP contribution in [-0.4, -0.2) is 25.0 Å². The maximum atomic E-state index is 2.73. The largest absolute Gasteiger partial charge is 0.310 e. The summed E-state index contributed by atoms with van der Waals surface area (Å²) in [6.07, 6.45) is 0. The van der Waals surface area contributed by atoms with E-state index in [1.165, 1.54) is 126 Å². The average Bonchev–Trinajstić information content (AvgIpc) is 1.59. The first-order valence-corrected chi connectivity index (χ1v) is 34.6. The zero-order valence-electron chi connectivity index (χ0n) is 54.5. The van der Waals surface area contributed by atoms with E-state index in [0.717, 1.165) is 73.0 Å². The summed E-state index contributed by atoms with van der Waals surface area (Å²) in [6, 6.07) is 124. The molecule has 2 aliphatic heterocycles. The second-order valence-corrected chi connectivity index (χ2v) is 27.9. The highest BCUT2D eigenvalue weighted by Gasteiger charge is 2.46. The van der Waals surface area contributed by atoms with Gasteiger partial charge in [0.1, 0.15) is 0 Å². The molecule has 0 atom stereocenters. The van der Waals surface area contributed by atoms with Crippen LogP contribution >= 0.6 is 0 Å². The van der Waals surface area contributed by atoms with Gasteiger partial charge in [-0.1, -0.05) is 238 Å². The molecule has 0 N–H and O–H groups in total. The Kier molecular flexibility index (Phi) is 11.1. The highest BCUT2D eigenvalue weighted by molar-refractivity contribution is 7.02. The van der Waals surface area contributed by atoms with E-state index in [0.29, 0.717) is 0 Å². The van der Waals surface area contributed by atoms with Crippen LogP contribution in [0, 0.1) is 0 Å². The Labute approximate surface area is 572 Å². The lowest BCUT2D eigenvalue weighted by molar-refractivity contribution is 0.660. The van der Waals surface area contributed by atoms with Gasteiger partial charge in [0.15, 0.2) is 0 Å². The third-order valence-electron chi connectivity index (χ3n) is 22.5. The van der Waals surface area contributed by atoms with Crippen molar-refractivity contribution in [2.45, 2.75) is 19.3 Å². The van der Waals surface area contributed by atoms with Gasteiger partial charge < -0.3 is 23.2 Å². The van der Waals surface area contributed by atoms with Crippen molar-refractivity contribution in [2.75, 3.05) is 4.90 Å². The Hall–Kier alpha value is -12.6. The number of para-hydroxylation sites is 7. The van der Waals surface area contributed by atoms with E-state index in [-0.39, 0.29) is 12.1 Å². The molecular formula is C93H60BN5. The van der Waals surface area contributed by atoms with Gasteiger partial charge in [0.05, 0.1) is 49.8 Å². The zero-order valence-corrected chi connectivity index (χ0v) is 54.5. The first-order valence-electron chi connectivity index (χ1n) is 34.6. The van der Waals surface area contributed by atoms with E-state index in [9.17, 15) is 0 Å². The van der Waals surface area contributed by atoms with Gasteiger partial charge in [-0.05, 0) is 164 Å². The summed E-state index contributed by atoms with van der Waals surface area (Å²) < 4.78 is 10.2. The molecule has 6 heterocycles. The summed E-state index contributed by atoms with van der Waals surface area (Å²) in [5, 5.41) is 9.80. The predicted octanol–water partition coefficient (Wildman–Crippen LogP) is 22.0. The minimum absolute atomic E-state index is 0.150. The van der Waals surface area contributed by atoms with Crippen molar-refractivity contribution >= 4 is 127 Å². The lowest BCUT2D eigenvalue weighted by Gasteiger charge is -2.42. The van der Waals surface area contributed by atoms with Gasteiger partial charge in [0.25, 0.3) is 6.71 Å². The molecule has 0 amide bonds. The maximum absolute atomic E-state index is 2.73. The molecule has 22 rings (SSSR count). The molecule has 0 saturated carbocycles. The van der Waals surface area contributed by atoms with Crippen LogP contribution in [0.4, 0.5) is 17.1 Å². The molecule has 0 radical (unpaired) electrons. The number of nitrogens with zero attached hydrogens (tertiary/aromatic N) is 5. The molecule has 15 aromatic carbocycles. The van der Waals surface area contributed by atoms with Crippen LogP contribution in [0.2, 0.25) is 0 Å². The van der Waals surface area contributed by atoms with Crippen molar-refractivity contribution in [3.8, 4) is 67.3 Å². The minimum Gasteiger partial charge on any atom is -0.310 e. The zero-order chi connectivity index (χ0) is 64.9. The fraction of sp³-hybridized carbons (Fsp3) is 0.0323. The molecule has 0 fully saturated rings. The van der Waals surface area contributed by atoms with Crippen molar-refractivity contribution in [3.05, 3.63) is 339 Å². The van der Waals surface area contributed by atoms with Crippen molar-refractivity contribution < 1.29 is 0 Å². The summed E-state index contributed by atoms with van der Waals surface area (Å²) in [7, 11) is 0. The van der Waals surface area contributed by atoms with Crippen LogP contribution in [0.15, 0.2) is 328 Å². The van der Waals surface area contributed by atoms with Crippen molar-refractivity contribution in [1.29, 1.82) is 0 Å². The molecule has 0 saturated heterocycles. The Morgan fingerprint density at radius 1 is 0.263 bits per heavy atom. The molecule has 1 aliphatic carbocycles. The van der Waals surface area contributed by atoms with Crippen LogP contribution in [0.25, 0.3) is 154 Å². The van der Waals surface area contributed by atoms with Crippen molar-refractivity contribution in [2.24, 2.45) is 0 Å². The summed E-state index contributed by atoms with van der Waals surface area (Å²) in [4.78, 5) is 2.73. The number of aromatic nitrogens is 4. The SMILES string of the molecule is CC1(C)c2ccccc2-c2cc(-c3cc4c5c(c3)-n3c6ccccc6c6cc7c(c(c63)B5c3cc5c(cc3N4c3c(-c4ccccc4)cccc3-c3ccccc3)c3cc(-n4c6ccccc6c6ccccc64)ccc3n5-c3ccccc3)c3ccccc3n7-c3ccccc3)ccc21. The van der Waals surface area contributed by atoms with E-state index < -0.39 is 0 Å². The van der Waals surface area contributed by atoms with Crippen molar-refractivity contribution in [3.63, 3.8) is 0 Å². The molecule has 6 heteroatoms. The van der Waals surface area contributed by atoms with Gasteiger partial charge in [-0.25, -0.2) is 0 Å². The standard InChI is InChI=1S/C93H60BN5/c1-93(2)75-41-20-15-34-66(75)71-50-59(46-48-76(71)93)60-51-86-89-87(52-60)99(91-64(57-26-7-3-8-27-57)39-25-40-65(91)58-28-9-4-10-29-58)84-54-73-72-53-63(97-78-42-21-16-35-67(78)68-36-17-22-43-79(68)97)47-49-82(72)95(61-30-11-5-12-31-61)83(73)56-77(84)94(89)90-88-70-38-19-24-45-81(70)96(62-32-13-6-14-33-62)85(88)55-74-69-37-18-23-44-80(69)98(86)92(74)90/h3-56H,1-2H3. The number of hydrogen-bond acceptors (Lipinski definition) is 1. The Morgan fingerprint density at radius 3 is 1.41 bits per heavy atom. The summed E-state index contributed by atoms with van der Waals surface area (Å²) in [5.74, 6) is 0. The minimum atomic E-state index is -0.273. The average molecular weight is 1260 g/mol. The maximum Gasteiger partial charge on any atom is 0.253 e. The van der Waals surface area contributed by atoms with Gasteiger partial charge in [0, 0.05) is 93.8 Å². The van der Waals surface area contributed by atoms with Gasteiger partial charge in [0.2, 0.25) is 0 Å². The number of anilines is 3. The molecule has 0 unspecified atom stereocenters. The predicted molar refractivity (Wildman–Crippen MR) is 417 cm³/mol. The topological polar surface area (TPSA) is 23.0 Å². The molecule has 5 nitrogen and oxygen atoms in total. The molecular weight excluding hydrogens is 1200 g/mol. The molecule has 0 bridgehead atoms. The second-order valence-electron chi connectivity index (χ2n) is 27.9. The van der Waals surface area contributed by atoms with E-state index in [4.69, 9.17) is 0 Å². The Balaban J connectivity index is 0.950. The normalized spacial score (nSPS) is 13.4. The van der Waals surface area contributed by atoms with Gasteiger partial charge in [-0.3, -0.25) is 0 Å². The van der Waals surface area contributed by atoms with E-state index in [2.05, 4.69) is 365 Å². The summed E-state index contributed by atoms with van der Waals surface area (Å²) >= 11 is 0. The van der Waals surface area contributed by atoms with Gasteiger partial charge in [-0.15, -0.1) is 0 Å². The number of benzene rings is 15. The molecule has 4 aromatic heterocycles. The van der Waals surface area contributed by atoms with E-state index >= 15 is 0 Å². The fourth-order valence-electron chi connectivity index (χ4n) is 18.3. The van der Waals surface area contributed by atoms with E-state index in [1.807, 2.05) is 0 Å². The molecule has 19 aromatic rings. The number of fused-ring (bicyclic) bond motifs is 20. The third-order valence-corrected chi connectivity index (χ3v) is 22.5. The molecule has 3 aliphatic rings. The molecule has 0 spiro atoms. The van der Waals surface area contributed by atoms with Crippen LogP contribution in [-0.2, 0) is 5.41 Å². The van der Waals surface area contributed by atoms with Crippen LogP contribution in [0.1, 0.15) is 25.0 Å². The Bertz CT molecular complexity index is 6580. The van der Waals surface area contributed by atoms with Gasteiger partial charge in [-0.2, -0.15) is 0 Å².